The summed E-state index contributed by atoms with van der Waals surface area (Å²) < 4.78 is 35.2. The zero-order valence-electron chi connectivity index (χ0n) is 27.1. The number of nitrogens with zero attached hydrogens (tertiary/aromatic N) is 2. The number of amides is 1. The average molecular weight is 670 g/mol. The van der Waals surface area contributed by atoms with E-state index in [1.807, 2.05) is 19.1 Å². The van der Waals surface area contributed by atoms with Gasteiger partial charge in [0.05, 0.1) is 23.6 Å². The SMILES string of the molecule is C=CCC[C@@H](CC)S(=O)(=O)NC(=O)c1ccc2c(c1)N(C[C@@H]1CC[C@H]1[C@@H](O)/C=C/CCC)C[C@@]1(CCCc3nc(Cl)ccc31)CO2. The predicted octanol–water partition coefficient (Wildman–Crippen LogP) is 6.76. The van der Waals surface area contributed by atoms with Gasteiger partial charge in [-0.25, -0.2) is 18.1 Å². The van der Waals surface area contributed by atoms with Crippen LogP contribution >= 0.6 is 11.6 Å². The van der Waals surface area contributed by atoms with Gasteiger partial charge >= 0.3 is 0 Å². The van der Waals surface area contributed by atoms with Crippen LogP contribution in [0, 0.1) is 11.8 Å². The van der Waals surface area contributed by atoms with E-state index in [1.54, 1.807) is 24.3 Å². The minimum absolute atomic E-state index is 0.147. The molecule has 8 nitrogen and oxygen atoms in total. The number of unbranched alkanes of at least 4 members (excludes halogenated alkanes) is 1. The lowest BCUT2D eigenvalue weighted by Crippen LogP contribution is -2.49. The van der Waals surface area contributed by atoms with Crippen molar-refractivity contribution >= 4 is 33.2 Å². The van der Waals surface area contributed by atoms with Gasteiger partial charge in [-0.05, 0) is 99.5 Å². The number of aliphatic hydroxyl groups is 1. The minimum Gasteiger partial charge on any atom is -0.490 e. The van der Waals surface area contributed by atoms with Crippen molar-refractivity contribution in [3.05, 3.63) is 77.1 Å². The zero-order valence-corrected chi connectivity index (χ0v) is 28.7. The second kappa shape index (κ2) is 14.9. The molecule has 1 aromatic carbocycles. The molecule has 3 aliphatic rings. The summed E-state index contributed by atoms with van der Waals surface area (Å²) in [7, 11) is -3.88. The van der Waals surface area contributed by atoms with Crippen LogP contribution in [0.3, 0.4) is 0 Å². The Morgan fingerprint density at radius 1 is 1.26 bits per heavy atom. The summed E-state index contributed by atoms with van der Waals surface area (Å²) in [4.78, 5) is 20.4. The number of carbonyl (C=O) groups excluding carboxylic acids is 1. The van der Waals surface area contributed by atoms with Crippen LogP contribution in [0.4, 0.5) is 5.69 Å². The third-order valence-corrected chi connectivity index (χ3v) is 12.2. The molecule has 1 spiro atoms. The van der Waals surface area contributed by atoms with Crippen LogP contribution in [0.1, 0.15) is 93.3 Å². The number of aromatic nitrogens is 1. The summed E-state index contributed by atoms with van der Waals surface area (Å²) in [5, 5.41) is 10.8. The van der Waals surface area contributed by atoms with Gasteiger partial charge in [0.1, 0.15) is 10.9 Å². The highest BCUT2D eigenvalue weighted by Gasteiger charge is 2.44. The molecule has 1 aromatic heterocycles. The van der Waals surface area contributed by atoms with Crippen molar-refractivity contribution < 1.29 is 23.1 Å². The van der Waals surface area contributed by atoms with Crippen molar-refractivity contribution in [1.29, 1.82) is 0 Å². The minimum atomic E-state index is -3.88. The first-order chi connectivity index (χ1) is 22.1. The van der Waals surface area contributed by atoms with Crippen molar-refractivity contribution in [2.75, 3.05) is 24.6 Å². The van der Waals surface area contributed by atoms with Crippen LogP contribution in [0.25, 0.3) is 0 Å². The number of aliphatic hydroxyl groups excluding tert-OH is 1. The molecular formula is C36H48ClN3O5S. The Kier molecular flexibility index (Phi) is 11.2. The van der Waals surface area contributed by atoms with Crippen LogP contribution in [0.15, 0.2) is 55.1 Å². The molecule has 0 bridgehead atoms. The Labute approximate surface area is 279 Å². The third kappa shape index (κ3) is 7.47. The van der Waals surface area contributed by atoms with Gasteiger partial charge in [-0.2, -0.15) is 0 Å². The van der Waals surface area contributed by atoms with Crippen molar-refractivity contribution in [1.82, 2.24) is 9.71 Å². The van der Waals surface area contributed by atoms with E-state index in [0.717, 1.165) is 61.9 Å². The smallest absolute Gasteiger partial charge is 0.264 e. The molecule has 1 saturated carbocycles. The van der Waals surface area contributed by atoms with E-state index in [1.165, 1.54) is 0 Å². The molecule has 2 heterocycles. The molecule has 1 aliphatic heterocycles. The molecule has 1 amide bonds. The lowest BCUT2D eigenvalue weighted by atomic mass is 9.69. The molecule has 250 valence electrons. The predicted molar refractivity (Wildman–Crippen MR) is 184 cm³/mol. The number of carbonyl (C=O) groups is 1. The Morgan fingerprint density at radius 2 is 2.09 bits per heavy atom. The summed E-state index contributed by atoms with van der Waals surface area (Å²) in [6.07, 6.45) is 13.2. The van der Waals surface area contributed by atoms with Crippen molar-refractivity contribution in [3.8, 4) is 5.75 Å². The first-order valence-electron chi connectivity index (χ1n) is 16.8. The zero-order chi connectivity index (χ0) is 32.9. The second-order valence-corrected chi connectivity index (χ2v) is 15.5. The van der Waals surface area contributed by atoms with Gasteiger partial charge in [0.25, 0.3) is 5.91 Å². The van der Waals surface area contributed by atoms with E-state index < -0.39 is 27.3 Å². The molecule has 0 unspecified atom stereocenters. The molecule has 10 heteroatoms. The first-order valence-corrected chi connectivity index (χ1v) is 18.7. The highest BCUT2D eigenvalue weighted by Crippen LogP contribution is 2.46. The number of nitrogens with one attached hydrogen (secondary N) is 1. The monoisotopic (exact) mass is 669 g/mol. The Bertz CT molecular complexity index is 1550. The summed E-state index contributed by atoms with van der Waals surface area (Å²) >= 11 is 6.30. The molecule has 5 rings (SSSR count). The van der Waals surface area contributed by atoms with E-state index in [4.69, 9.17) is 16.3 Å². The van der Waals surface area contributed by atoms with Gasteiger partial charge in [0.2, 0.25) is 10.0 Å². The number of hydrogen-bond donors (Lipinski definition) is 2. The molecule has 2 N–H and O–H groups in total. The van der Waals surface area contributed by atoms with Crippen LogP contribution in [-0.4, -0.2) is 55.5 Å². The second-order valence-electron chi connectivity index (χ2n) is 13.2. The van der Waals surface area contributed by atoms with Gasteiger partial charge in [-0.3, -0.25) is 4.79 Å². The maximum atomic E-state index is 13.4. The quantitative estimate of drug-likeness (QED) is 0.179. The number of ether oxygens (including phenoxy) is 1. The topological polar surface area (TPSA) is 109 Å². The Balaban J connectivity index is 1.47. The van der Waals surface area contributed by atoms with Crippen LogP contribution < -0.4 is 14.4 Å². The maximum Gasteiger partial charge on any atom is 0.264 e. The van der Waals surface area contributed by atoms with Gasteiger partial charge in [-0.1, -0.05) is 56.2 Å². The van der Waals surface area contributed by atoms with E-state index in [2.05, 4.69) is 40.3 Å². The number of fused-ring (bicyclic) bond motifs is 3. The number of sulfonamides is 1. The standard InChI is InChI=1S/C36H48ClN3O5S/c1-4-7-9-13-32(41)28-16-14-26(28)22-40-23-36(20-10-12-30-29(36)17-19-34(37)38-30)24-45-33-18-15-25(21-31(33)40)35(42)39-46(43,44)27(6-3)11-8-5-2/h5,9,13,15,17-19,21,26-28,32,41H,2,4,6-8,10-12,14,16,20,22-24H2,1,3H3,(H,39,42)/b13-9+/t26-,27+,28+,32-,36-/m0/s1. The molecule has 2 aromatic rings. The van der Waals surface area contributed by atoms with E-state index in [9.17, 15) is 18.3 Å². The summed E-state index contributed by atoms with van der Waals surface area (Å²) in [5.41, 5.74) is 2.82. The highest BCUT2D eigenvalue weighted by molar-refractivity contribution is 7.90. The molecule has 0 radical (unpaired) electrons. The summed E-state index contributed by atoms with van der Waals surface area (Å²) in [6.45, 7) is 9.40. The maximum absolute atomic E-state index is 13.4. The van der Waals surface area contributed by atoms with E-state index >= 15 is 0 Å². The average Bonchev–Trinajstić information content (AvgIpc) is 3.16. The van der Waals surface area contributed by atoms with Gasteiger partial charge in [-0.15, -0.1) is 6.58 Å². The lowest BCUT2D eigenvalue weighted by Gasteiger charge is -2.45. The normalized spacial score (nSPS) is 23.9. The molecule has 0 saturated heterocycles. The summed E-state index contributed by atoms with van der Waals surface area (Å²) in [6, 6.07) is 9.10. The Hall–Kier alpha value is -2.88. The molecule has 2 aliphatic carbocycles. The number of allylic oxidation sites excluding steroid dienone is 2. The largest absolute Gasteiger partial charge is 0.490 e. The van der Waals surface area contributed by atoms with E-state index in [0.29, 0.717) is 49.9 Å². The number of benzene rings is 1. The fourth-order valence-corrected chi connectivity index (χ4v) is 8.94. The number of anilines is 1. The number of halogens is 1. The van der Waals surface area contributed by atoms with Gasteiger partial charge in [0, 0.05) is 29.8 Å². The number of aryl methyl sites for hydroxylation is 1. The number of rotatable bonds is 13. The van der Waals surface area contributed by atoms with E-state index in [-0.39, 0.29) is 22.8 Å². The van der Waals surface area contributed by atoms with Crippen LogP contribution in [0.2, 0.25) is 5.15 Å². The summed E-state index contributed by atoms with van der Waals surface area (Å²) in [5.74, 6) is 0.401. The van der Waals surface area contributed by atoms with Crippen molar-refractivity contribution in [3.63, 3.8) is 0 Å². The first kappa shape index (κ1) is 34.5. The molecule has 46 heavy (non-hydrogen) atoms. The molecular weight excluding hydrogens is 622 g/mol. The van der Waals surface area contributed by atoms with Crippen LogP contribution in [-0.2, 0) is 21.9 Å². The van der Waals surface area contributed by atoms with Gasteiger partial charge in [0.15, 0.2) is 0 Å². The Morgan fingerprint density at radius 3 is 2.80 bits per heavy atom. The number of pyridine rings is 1. The van der Waals surface area contributed by atoms with Gasteiger partial charge < -0.3 is 14.7 Å². The lowest BCUT2D eigenvalue weighted by molar-refractivity contribution is 0.0456. The fraction of sp³-hybridized carbons (Fsp3) is 0.556. The van der Waals surface area contributed by atoms with Crippen LogP contribution in [0.5, 0.6) is 5.75 Å². The fourth-order valence-electron chi connectivity index (χ4n) is 7.35. The highest BCUT2D eigenvalue weighted by atomic mass is 35.5. The molecule has 1 fully saturated rings. The number of hydrogen-bond acceptors (Lipinski definition) is 7. The molecule has 5 atom stereocenters. The van der Waals surface area contributed by atoms with Crippen molar-refractivity contribution in [2.45, 2.75) is 94.8 Å². The third-order valence-electron chi connectivity index (χ3n) is 10.1. The van der Waals surface area contributed by atoms with Crippen molar-refractivity contribution in [2.24, 2.45) is 11.8 Å².